The zero-order chi connectivity index (χ0) is 18.4. The number of amides is 1. The summed E-state index contributed by atoms with van der Waals surface area (Å²) in [5.41, 5.74) is 2.79. The van der Waals surface area contributed by atoms with Crippen molar-refractivity contribution in [2.75, 3.05) is 0 Å². The second kappa shape index (κ2) is 8.15. The van der Waals surface area contributed by atoms with E-state index in [1.807, 2.05) is 19.3 Å². The van der Waals surface area contributed by atoms with Crippen molar-refractivity contribution >= 4 is 11.7 Å². The molecule has 2 heterocycles. The second-order valence-corrected chi connectivity index (χ2v) is 5.82. The van der Waals surface area contributed by atoms with Crippen LogP contribution in [0.2, 0.25) is 0 Å². The molecule has 132 valence electrons. The Morgan fingerprint density at radius 1 is 1.08 bits per heavy atom. The molecule has 2 aromatic heterocycles. The molecule has 0 atom stereocenters. The largest absolute Gasteiger partial charge is 0.350 e. The molecule has 0 saturated carbocycles. The van der Waals surface area contributed by atoms with Crippen molar-refractivity contribution < 1.29 is 9.59 Å². The Kier molecular flexibility index (Phi) is 5.48. The van der Waals surface area contributed by atoms with Crippen LogP contribution < -0.4 is 5.32 Å². The lowest BCUT2D eigenvalue weighted by Gasteiger charge is -2.08. The zero-order valence-corrected chi connectivity index (χ0v) is 14.4. The van der Waals surface area contributed by atoms with E-state index in [4.69, 9.17) is 0 Å². The van der Waals surface area contributed by atoms with E-state index in [-0.39, 0.29) is 31.1 Å². The molecular formula is C19H19N5O2. The third-order valence-electron chi connectivity index (χ3n) is 3.88. The maximum Gasteiger partial charge on any atom is 0.220 e. The van der Waals surface area contributed by atoms with Gasteiger partial charge in [-0.1, -0.05) is 30.3 Å². The van der Waals surface area contributed by atoms with Gasteiger partial charge < -0.3 is 5.32 Å². The van der Waals surface area contributed by atoms with E-state index in [9.17, 15) is 9.59 Å². The number of benzene rings is 1. The number of Topliss-reactive ketones (excluding diaryl/α,β-unsaturated/α-hetero) is 1. The summed E-state index contributed by atoms with van der Waals surface area (Å²) in [6.45, 7) is 0.246. The molecule has 0 bridgehead atoms. The fourth-order valence-electron chi connectivity index (χ4n) is 2.55. The van der Waals surface area contributed by atoms with Gasteiger partial charge in [-0.3, -0.25) is 24.2 Å². The van der Waals surface area contributed by atoms with Gasteiger partial charge in [-0.05, 0) is 0 Å². The standard InChI is InChI=1S/C19H19N5O2/c1-24-13-15(11-23-24)19-16(20-9-10-21-19)12-22-18(26)8-7-17(25)14-5-3-2-4-6-14/h2-6,9-11,13H,7-8,12H2,1H3,(H,22,26). The zero-order valence-electron chi connectivity index (χ0n) is 14.4. The van der Waals surface area contributed by atoms with Crippen LogP contribution in [0.5, 0.6) is 0 Å². The molecule has 1 aromatic carbocycles. The van der Waals surface area contributed by atoms with Crippen molar-refractivity contribution in [2.24, 2.45) is 7.05 Å². The maximum atomic E-state index is 12.1. The normalized spacial score (nSPS) is 10.5. The molecule has 0 fully saturated rings. The Hall–Kier alpha value is -3.35. The van der Waals surface area contributed by atoms with E-state index in [0.29, 0.717) is 17.0 Å². The van der Waals surface area contributed by atoms with Gasteiger partial charge in [0.2, 0.25) is 5.91 Å². The lowest BCUT2D eigenvalue weighted by atomic mass is 10.1. The molecule has 0 saturated heterocycles. The minimum atomic E-state index is -0.197. The van der Waals surface area contributed by atoms with Gasteiger partial charge in [0.1, 0.15) is 0 Å². The monoisotopic (exact) mass is 349 g/mol. The molecule has 3 rings (SSSR count). The highest BCUT2D eigenvalue weighted by Gasteiger charge is 2.12. The molecule has 0 unspecified atom stereocenters. The van der Waals surface area contributed by atoms with E-state index in [1.165, 1.54) is 0 Å². The van der Waals surface area contributed by atoms with E-state index in [0.717, 1.165) is 5.56 Å². The van der Waals surface area contributed by atoms with Crippen LogP contribution in [0.1, 0.15) is 28.9 Å². The molecule has 0 spiro atoms. The van der Waals surface area contributed by atoms with E-state index >= 15 is 0 Å². The Bertz CT molecular complexity index is 905. The number of hydrogen-bond acceptors (Lipinski definition) is 5. The average Bonchev–Trinajstić information content (AvgIpc) is 3.11. The van der Waals surface area contributed by atoms with Gasteiger partial charge >= 0.3 is 0 Å². The smallest absolute Gasteiger partial charge is 0.220 e. The number of rotatable bonds is 7. The third-order valence-corrected chi connectivity index (χ3v) is 3.88. The van der Waals surface area contributed by atoms with Crippen molar-refractivity contribution in [3.8, 4) is 11.3 Å². The maximum absolute atomic E-state index is 12.1. The number of nitrogens with one attached hydrogen (secondary N) is 1. The number of ketones is 1. The number of carbonyl (C=O) groups excluding carboxylic acids is 2. The van der Waals surface area contributed by atoms with Crippen LogP contribution in [0.25, 0.3) is 11.3 Å². The van der Waals surface area contributed by atoms with Gasteiger partial charge in [0.05, 0.1) is 24.1 Å². The van der Waals surface area contributed by atoms with Crippen molar-refractivity contribution in [3.05, 3.63) is 66.4 Å². The van der Waals surface area contributed by atoms with Crippen LogP contribution in [0.3, 0.4) is 0 Å². The second-order valence-electron chi connectivity index (χ2n) is 5.82. The topological polar surface area (TPSA) is 89.8 Å². The van der Waals surface area contributed by atoms with Crippen LogP contribution in [0.4, 0.5) is 0 Å². The summed E-state index contributed by atoms with van der Waals surface area (Å²) in [7, 11) is 1.82. The summed E-state index contributed by atoms with van der Waals surface area (Å²) in [6.07, 6.45) is 7.04. The van der Waals surface area contributed by atoms with Crippen molar-refractivity contribution in [1.29, 1.82) is 0 Å². The Balaban J connectivity index is 1.56. The molecular weight excluding hydrogens is 330 g/mol. The summed E-state index contributed by atoms with van der Waals surface area (Å²) in [5.74, 6) is -0.242. The molecule has 0 aliphatic carbocycles. The first-order valence-corrected chi connectivity index (χ1v) is 8.27. The van der Waals surface area contributed by atoms with E-state index in [2.05, 4.69) is 20.4 Å². The van der Waals surface area contributed by atoms with Gasteiger partial charge in [-0.2, -0.15) is 5.10 Å². The molecule has 1 N–H and O–H groups in total. The highest BCUT2D eigenvalue weighted by molar-refractivity contribution is 5.97. The summed E-state index contributed by atoms with van der Waals surface area (Å²) < 4.78 is 1.68. The van der Waals surface area contributed by atoms with Crippen LogP contribution in [-0.2, 0) is 18.4 Å². The SMILES string of the molecule is Cn1cc(-c2nccnc2CNC(=O)CCC(=O)c2ccccc2)cn1. The number of aromatic nitrogens is 4. The lowest BCUT2D eigenvalue weighted by molar-refractivity contribution is -0.121. The average molecular weight is 349 g/mol. The summed E-state index contributed by atoms with van der Waals surface area (Å²) in [6, 6.07) is 8.97. The van der Waals surface area contributed by atoms with Crippen molar-refractivity contribution in [3.63, 3.8) is 0 Å². The first-order chi connectivity index (χ1) is 12.6. The molecule has 1 amide bonds. The predicted octanol–water partition coefficient (Wildman–Crippen LogP) is 2.16. The first kappa shape index (κ1) is 17.5. The number of hydrogen-bond donors (Lipinski definition) is 1. The third kappa shape index (κ3) is 4.38. The van der Waals surface area contributed by atoms with Crippen LogP contribution in [-0.4, -0.2) is 31.4 Å². The molecule has 0 aliphatic rings. The van der Waals surface area contributed by atoms with Gasteiger partial charge in [0.25, 0.3) is 0 Å². The van der Waals surface area contributed by atoms with E-state index in [1.54, 1.807) is 47.5 Å². The fraction of sp³-hybridized carbons (Fsp3) is 0.211. The fourth-order valence-corrected chi connectivity index (χ4v) is 2.55. The van der Waals surface area contributed by atoms with Gasteiger partial charge in [-0.25, -0.2) is 0 Å². The predicted molar refractivity (Wildman–Crippen MR) is 96.1 cm³/mol. The molecule has 7 heteroatoms. The van der Waals surface area contributed by atoms with Gasteiger partial charge in [0.15, 0.2) is 5.78 Å². The molecule has 7 nitrogen and oxygen atoms in total. The van der Waals surface area contributed by atoms with Crippen LogP contribution in [0.15, 0.2) is 55.1 Å². The molecule has 0 aliphatic heterocycles. The van der Waals surface area contributed by atoms with Gasteiger partial charge in [0, 0.05) is 49.6 Å². The lowest BCUT2D eigenvalue weighted by Crippen LogP contribution is -2.24. The Morgan fingerprint density at radius 3 is 2.58 bits per heavy atom. The van der Waals surface area contributed by atoms with E-state index < -0.39 is 0 Å². The van der Waals surface area contributed by atoms with Crippen molar-refractivity contribution in [1.82, 2.24) is 25.1 Å². The summed E-state index contributed by atoms with van der Waals surface area (Å²) in [5, 5.41) is 6.93. The summed E-state index contributed by atoms with van der Waals surface area (Å²) >= 11 is 0. The number of nitrogens with zero attached hydrogens (tertiary/aromatic N) is 4. The molecule has 0 radical (unpaired) electrons. The van der Waals surface area contributed by atoms with Gasteiger partial charge in [-0.15, -0.1) is 0 Å². The molecule has 26 heavy (non-hydrogen) atoms. The number of carbonyl (C=O) groups is 2. The minimum absolute atomic E-state index is 0.0451. The van der Waals surface area contributed by atoms with Crippen LogP contribution >= 0.6 is 0 Å². The Labute approximate surface area is 151 Å². The minimum Gasteiger partial charge on any atom is -0.350 e. The highest BCUT2D eigenvalue weighted by atomic mass is 16.2. The quantitative estimate of drug-likeness (QED) is 0.660. The molecule has 3 aromatic rings. The van der Waals surface area contributed by atoms with Crippen LogP contribution in [0, 0.1) is 0 Å². The summed E-state index contributed by atoms with van der Waals surface area (Å²) in [4.78, 5) is 32.8. The highest BCUT2D eigenvalue weighted by Crippen LogP contribution is 2.18. The first-order valence-electron chi connectivity index (χ1n) is 8.27. The number of aryl methyl sites for hydroxylation is 1. The van der Waals surface area contributed by atoms with Crippen molar-refractivity contribution in [2.45, 2.75) is 19.4 Å². The Morgan fingerprint density at radius 2 is 1.85 bits per heavy atom.